The van der Waals surface area contributed by atoms with Crippen LogP contribution in [0.3, 0.4) is 0 Å². The van der Waals surface area contributed by atoms with E-state index in [1.54, 1.807) is 18.2 Å². The molecule has 0 spiro atoms. The van der Waals surface area contributed by atoms with Crippen molar-refractivity contribution in [1.29, 1.82) is 0 Å². The van der Waals surface area contributed by atoms with Crippen LogP contribution in [0.1, 0.15) is 0 Å². The van der Waals surface area contributed by atoms with Crippen molar-refractivity contribution in [3.8, 4) is 5.75 Å². The fourth-order valence-electron chi connectivity index (χ4n) is 2.43. The Balaban J connectivity index is 0.00000208. The van der Waals surface area contributed by atoms with Crippen molar-refractivity contribution in [1.82, 2.24) is 4.98 Å². The third-order valence-electron chi connectivity index (χ3n) is 3.65. The minimum absolute atomic E-state index is 0. The van der Waals surface area contributed by atoms with E-state index in [1.807, 2.05) is 0 Å². The maximum absolute atomic E-state index is 10.9. The zero-order valence-corrected chi connectivity index (χ0v) is 15.3. The number of H-pyrrole nitrogens is 1. The van der Waals surface area contributed by atoms with Crippen molar-refractivity contribution in [2.45, 2.75) is 30.7 Å². The minimum Gasteiger partial charge on any atom is -0.547 e. The number of carbonyl (C=O) groups is 1. The SMILES string of the molecule is O=C([O-])[C@H]1O[C@@H](Oc2c[nH]c3cc(Cl)ccc23)[C@H](O)[C@@H](O)[C@@H]1O.[Na+]. The number of aliphatic hydroxyl groups excluding tert-OH is 3. The second-order valence-electron chi connectivity index (χ2n) is 5.18. The summed E-state index contributed by atoms with van der Waals surface area (Å²) >= 11 is 5.87. The third kappa shape index (κ3) is 3.56. The monoisotopic (exact) mass is 365 g/mol. The largest absolute Gasteiger partial charge is 1.00 e. The van der Waals surface area contributed by atoms with Gasteiger partial charge in [0.15, 0.2) is 0 Å². The van der Waals surface area contributed by atoms with Crippen LogP contribution < -0.4 is 39.4 Å². The molecule has 5 atom stereocenters. The number of carboxylic acids is 1. The van der Waals surface area contributed by atoms with Gasteiger partial charge < -0.3 is 39.7 Å². The number of carbonyl (C=O) groups excluding carboxylic acids is 1. The van der Waals surface area contributed by atoms with Crippen LogP contribution in [0, 0.1) is 0 Å². The van der Waals surface area contributed by atoms with Crippen LogP contribution >= 0.6 is 11.6 Å². The Morgan fingerprint density at radius 3 is 2.62 bits per heavy atom. The number of benzene rings is 1. The molecule has 8 nitrogen and oxygen atoms in total. The summed E-state index contributed by atoms with van der Waals surface area (Å²) in [4.78, 5) is 13.8. The molecule has 1 fully saturated rings. The van der Waals surface area contributed by atoms with Crippen molar-refractivity contribution >= 4 is 28.5 Å². The molecule has 1 saturated heterocycles. The van der Waals surface area contributed by atoms with Crippen molar-refractivity contribution in [3.63, 3.8) is 0 Å². The molecular formula is C14H13ClNNaO7. The Bertz CT molecular complexity index is 739. The number of aliphatic carboxylic acids is 1. The van der Waals surface area contributed by atoms with E-state index in [4.69, 9.17) is 21.1 Å². The molecule has 0 radical (unpaired) electrons. The summed E-state index contributed by atoms with van der Waals surface area (Å²) in [6, 6.07) is 4.95. The van der Waals surface area contributed by atoms with Crippen LogP contribution in [0.15, 0.2) is 24.4 Å². The number of nitrogens with one attached hydrogen (secondary N) is 1. The van der Waals surface area contributed by atoms with Crippen molar-refractivity contribution in [3.05, 3.63) is 29.4 Å². The number of aliphatic hydroxyl groups is 3. The fourth-order valence-corrected chi connectivity index (χ4v) is 2.61. The number of aromatic amines is 1. The van der Waals surface area contributed by atoms with E-state index in [1.165, 1.54) is 6.20 Å². The molecule has 0 saturated carbocycles. The molecule has 0 aliphatic carbocycles. The molecule has 1 aliphatic rings. The van der Waals surface area contributed by atoms with Crippen molar-refractivity contribution < 1.29 is 64.3 Å². The first-order chi connectivity index (χ1) is 10.9. The van der Waals surface area contributed by atoms with E-state index >= 15 is 0 Å². The van der Waals surface area contributed by atoms with Crippen LogP contribution in [0.4, 0.5) is 0 Å². The molecule has 1 aliphatic heterocycles. The molecule has 0 bridgehead atoms. The summed E-state index contributed by atoms with van der Waals surface area (Å²) in [6.07, 6.45) is -7.06. The molecule has 1 aromatic carbocycles. The molecule has 4 N–H and O–H groups in total. The number of rotatable bonds is 3. The maximum atomic E-state index is 10.9. The Labute approximate surface area is 163 Å². The van der Waals surface area contributed by atoms with Crippen LogP contribution in [0.5, 0.6) is 5.75 Å². The number of ether oxygens (including phenoxy) is 2. The Hall–Kier alpha value is -0.840. The third-order valence-corrected chi connectivity index (χ3v) is 3.89. The molecule has 1 aromatic heterocycles. The van der Waals surface area contributed by atoms with Gasteiger partial charge in [-0.15, -0.1) is 0 Å². The zero-order chi connectivity index (χ0) is 16.7. The van der Waals surface area contributed by atoms with Gasteiger partial charge in [-0.2, -0.15) is 0 Å². The maximum Gasteiger partial charge on any atom is 1.00 e. The van der Waals surface area contributed by atoms with Gasteiger partial charge in [-0.25, -0.2) is 0 Å². The molecule has 10 heteroatoms. The molecule has 124 valence electrons. The number of carboxylic acid groups (broad SMARTS) is 1. The summed E-state index contributed by atoms with van der Waals surface area (Å²) in [5.74, 6) is -1.45. The van der Waals surface area contributed by atoms with E-state index in [-0.39, 0.29) is 35.3 Å². The smallest absolute Gasteiger partial charge is 0.547 e. The van der Waals surface area contributed by atoms with E-state index in [2.05, 4.69) is 4.98 Å². The molecule has 2 aromatic rings. The molecule has 0 unspecified atom stereocenters. The quantitative estimate of drug-likeness (QED) is 0.405. The molecule has 0 amide bonds. The van der Waals surface area contributed by atoms with Gasteiger partial charge in [0, 0.05) is 16.6 Å². The molecule has 24 heavy (non-hydrogen) atoms. The predicted molar refractivity (Wildman–Crippen MR) is 75.6 cm³/mol. The van der Waals surface area contributed by atoms with E-state index in [9.17, 15) is 25.2 Å². The Kier molecular flexibility index (Phi) is 6.16. The summed E-state index contributed by atoms with van der Waals surface area (Å²) in [5, 5.41) is 41.3. The second-order valence-corrected chi connectivity index (χ2v) is 5.61. The summed E-state index contributed by atoms with van der Waals surface area (Å²) in [7, 11) is 0. The minimum atomic E-state index is -1.82. The topological polar surface area (TPSA) is 135 Å². The predicted octanol–water partition coefficient (Wildman–Crippen LogP) is -4.24. The van der Waals surface area contributed by atoms with Gasteiger partial charge in [-0.1, -0.05) is 11.6 Å². The number of aromatic nitrogens is 1. The number of fused-ring (bicyclic) bond motifs is 1. The van der Waals surface area contributed by atoms with Gasteiger partial charge in [-0.05, 0) is 18.2 Å². The number of hydrogen-bond donors (Lipinski definition) is 4. The van der Waals surface area contributed by atoms with Crippen LogP contribution in [-0.4, -0.2) is 57.0 Å². The van der Waals surface area contributed by atoms with Gasteiger partial charge in [0.25, 0.3) is 0 Å². The first-order valence-corrected chi connectivity index (χ1v) is 7.10. The van der Waals surface area contributed by atoms with Crippen LogP contribution in [-0.2, 0) is 9.53 Å². The standard InChI is InChI=1S/C14H14ClNO7.Na/c15-5-1-2-6-7(3-5)16-4-8(6)22-14-11(19)9(17)10(18)12(23-14)13(20)21;/h1-4,9-12,14,16-19H,(H,20,21);/q;+1/p-1/t9-,10-,11+,12-,14+;/m0./s1. The molecular weight excluding hydrogens is 353 g/mol. The Morgan fingerprint density at radius 2 is 1.96 bits per heavy atom. The fraction of sp³-hybridized carbons (Fsp3) is 0.357. The van der Waals surface area contributed by atoms with E-state index in [0.717, 1.165) is 0 Å². The number of hydrogen-bond acceptors (Lipinski definition) is 7. The van der Waals surface area contributed by atoms with Crippen LogP contribution in [0.2, 0.25) is 5.02 Å². The average molecular weight is 366 g/mol. The van der Waals surface area contributed by atoms with Gasteiger partial charge in [0.1, 0.15) is 30.2 Å². The van der Waals surface area contributed by atoms with Gasteiger partial charge in [0.05, 0.1) is 11.5 Å². The van der Waals surface area contributed by atoms with E-state index < -0.39 is 36.7 Å². The van der Waals surface area contributed by atoms with Gasteiger partial charge in [-0.3, -0.25) is 0 Å². The number of halogens is 1. The van der Waals surface area contributed by atoms with Gasteiger partial charge in [0.2, 0.25) is 6.29 Å². The summed E-state index contributed by atoms with van der Waals surface area (Å²) < 4.78 is 10.5. The Morgan fingerprint density at radius 1 is 1.25 bits per heavy atom. The molecule has 3 rings (SSSR count). The second kappa shape index (κ2) is 7.59. The van der Waals surface area contributed by atoms with Crippen LogP contribution in [0.25, 0.3) is 10.9 Å². The van der Waals surface area contributed by atoms with Crippen molar-refractivity contribution in [2.75, 3.05) is 0 Å². The van der Waals surface area contributed by atoms with E-state index in [0.29, 0.717) is 15.9 Å². The normalized spacial score (nSPS) is 29.9. The summed E-state index contributed by atoms with van der Waals surface area (Å²) in [5.41, 5.74) is 0.662. The first kappa shape index (κ1) is 19.5. The zero-order valence-electron chi connectivity index (χ0n) is 12.5. The summed E-state index contributed by atoms with van der Waals surface area (Å²) in [6.45, 7) is 0. The van der Waals surface area contributed by atoms with Gasteiger partial charge >= 0.3 is 29.6 Å². The van der Waals surface area contributed by atoms with Crippen molar-refractivity contribution in [2.24, 2.45) is 0 Å². The molecule has 2 heterocycles. The first-order valence-electron chi connectivity index (χ1n) is 6.72. The average Bonchev–Trinajstić information content (AvgIpc) is 2.89.